The zero-order chi connectivity index (χ0) is 8.55. The van der Waals surface area contributed by atoms with Crippen molar-refractivity contribution in [3.8, 4) is 0 Å². The highest BCUT2D eigenvalue weighted by Crippen LogP contribution is 2.12. The molecule has 2 N–H and O–H groups in total. The Balaban J connectivity index is 2.46. The Kier molecular flexibility index (Phi) is 1.36. The van der Waals surface area contributed by atoms with Crippen LogP contribution in [0.1, 0.15) is 10.5 Å². The SMILES string of the molecule is O=C(O)c1cn2c(n1)NCC=C2. The molecule has 0 saturated heterocycles. The van der Waals surface area contributed by atoms with Crippen LogP contribution in [-0.2, 0) is 0 Å². The summed E-state index contributed by atoms with van der Waals surface area (Å²) < 4.78 is 1.65. The van der Waals surface area contributed by atoms with E-state index in [9.17, 15) is 4.79 Å². The van der Waals surface area contributed by atoms with Gasteiger partial charge in [-0.2, -0.15) is 0 Å². The van der Waals surface area contributed by atoms with E-state index in [2.05, 4.69) is 10.3 Å². The monoisotopic (exact) mass is 165 g/mol. The molecule has 0 atom stereocenters. The van der Waals surface area contributed by atoms with Crippen molar-refractivity contribution in [1.82, 2.24) is 9.55 Å². The van der Waals surface area contributed by atoms with Crippen molar-refractivity contribution < 1.29 is 9.90 Å². The summed E-state index contributed by atoms with van der Waals surface area (Å²) in [6, 6.07) is 0. The molecule has 1 aromatic rings. The van der Waals surface area contributed by atoms with Crippen LogP contribution in [0.25, 0.3) is 6.20 Å². The summed E-state index contributed by atoms with van der Waals surface area (Å²) in [5.41, 5.74) is 0.0593. The Morgan fingerprint density at radius 2 is 2.58 bits per heavy atom. The maximum atomic E-state index is 10.5. The Labute approximate surface area is 68.3 Å². The van der Waals surface area contributed by atoms with Crippen molar-refractivity contribution in [1.29, 1.82) is 0 Å². The smallest absolute Gasteiger partial charge is 0.356 e. The molecule has 0 radical (unpaired) electrons. The van der Waals surface area contributed by atoms with E-state index >= 15 is 0 Å². The van der Waals surface area contributed by atoms with E-state index < -0.39 is 5.97 Å². The normalized spacial score (nSPS) is 13.7. The van der Waals surface area contributed by atoms with Crippen molar-refractivity contribution in [3.05, 3.63) is 18.0 Å². The van der Waals surface area contributed by atoms with Crippen LogP contribution < -0.4 is 5.32 Å². The third-order valence-corrected chi connectivity index (χ3v) is 1.60. The molecule has 1 aromatic heterocycles. The molecule has 2 heterocycles. The lowest BCUT2D eigenvalue weighted by atomic mass is 10.5. The molecular weight excluding hydrogens is 158 g/mol. The molecule has 0 aliphatic carbocycles. The van der Waals surface area contributed by atoms with Gasteiger partial charge in [-0.05, 0) is 6.08 Å². The molecule has 1 aliphatic rings. The minimum Gasteiger partial charge on any atom is -0.476 e. The topological polar surface area (TPSA) is 67.1 Å². The Morgan fingerprint density at radius 3 is 3.25 bits per heavy atom. The molecule has 0 unspecified atom stereocenters. The van der Waals surface area contributed by atoms with Gasteiger partial charge in [-0.1, -0.05) is 0 Å². The summed E-state index contributed by atoms with van der Waals surface area (Å²) in [5, 5.41) is 11.5. The van der Waals surface area contributed by atoms with Gasteiger partial charge in [0.25, 0.3) is 0 Å². The van der Waals surface area contributed by atoms with Crippen molar-refractivity contribution in [3.63, 3.8) is 0 Å². The third-order valence-electron chi connectivity index (χ3n) is 1.60. The van der Waals surface area contributed by atoms with E-state index in [0.717, 1.165) is 0 Å². The van der Waals surface area contributed by atoms with Crippen LogP contribution in [0, 0.1) is 0 Å². The van der Waals surface area contributed by atoms with Crippen LogP contribution in [0.4, 0.5) is 5.95 Å². The fraction of sp³-hybridized carbons (Fsp3) is 0.143. The van der Waals surface area contributed by atoms with Crippen LogP contribution in [-0.4, -0.2) is 27.2 Å². The van der Waals surface area contributed by atoms with Crippen LogP contribution >= 0.6 is 0 Å². The summed E-state index contributed by atoms with van der Waals surface area (Å²) in [6.45, 7) is 0.691. The highest BCUT2D eigenvalue weighted by molar-refractivity contribution is 5.86. The van der Waals surface area contributed by atoms with Crippen molar-refractivity contribution >= 4 is 18.1 Å². The van der Waals surface area contributed by atoms with Crippen LogP contribution in [0.3, 0.4) is 0 Å². The highest BCUT2D eigenvalue weighted by Gasteiger charge is 2.12. The van der Waals surface area contributed by atoms with Crippen molar-refractivity contribution in [2.24, 2.45) is 0 Å². The Hall–Kier alpha value is -1.78. The lowest BCUT2D eigenvalue weighted by Crippen LogP contribution is -2.08. The van der Waals surface area contributed by atoms with E-state index in [0.29, 0.717) is 12.5 Å². The minimum absolute atomic E-state index is 0.0593. The Morgan fingerprint density at radius 1 is 1.75 bits per heavy atom. The van der Waals surface area contributed by atoms with E-state index in [1.807, 2.05) is 6.08 Å². The fourth-order valence-corrected chi connectivity index (χ4v) is 1.06. The van der Waals surface area contributed by atoms with Gasteiger partial charge in [0.15, 0.2) is 5.69 Å². The van der Waals surface area contributed by atoms with Gasteiger partial charge in [0.2, 0.25) is 5.95 Å². The lowest BCUT2D eigenvalue weighted by Gasteiger charge is -2.07. The van der Waals surface area contributed by atoms with E-state index in [4.69, 9.17) is 5.11 Å². The summed E-state index contributed by atoms with van der Waals surface area (Å²) in [6.07, 6.45) is 5.14. The summed E-state index contributed by atoms with van der Waals surface area (Å²) in [5.74, 6) is -0.429. The average molecular weight is 165 g/mol. The first-order chi connectivity index (χ1) is 5.77. The first-order valence-electron chi connectivity index (χ1n) is 3.50. The summed E-state index contributed by atoms with van der Waals surface area (Å²) in [7, 11) is 0. The molecule has 0 bridgehead atoms. The van der Waals surface area contributed by atoms with E-state index in [1.165, 1.54) is 6.20 Å². The van der Waals surface area contributed by atoms with Crippen LogP contribution in [0.5, 0.6) is 0 Å². The molecule has 0 saturated carbocycles. The van der Waals surface area contributed by atoms with Crippen LogP contribution in [0.2, 0.25) is 0 Å². The third kappa shape index (κ3) is 0.952. The Bertz CT molecular complexity index is 354. The summed E-state index contributed by atoms with van der Waals surface area (Å²) in [4.78, 5) is 14.3. The average Bonchev–Trinajstić information content (AvgIpc) is 2.46. The largest absolute Gasteiger partial charge is 0.476 e. The first-order valence-corrected chi connectivity index (χ1v) is 3.50. The van der Waals surface area contributed by atoms with Gasteiger partial charge in [0, 0.05) is 18.9 Å². The number of anilines is 1. The fourth-order valence-electron chi connectivity index (χ4n) is 1.06. The van der Waals surface area contributed by atoms with Gasteiger partial charge in [-0.3, -0.25) is 4.57 Å². The molecule has 2 rings (SSSR count). The first kappa shape index (κ1) is 6.90. The molecule has 5 nitrogen and oxygen atoms in total. The highest BCUT2D eigenvalue weighted by atomic mass is 16.4. The zero-order valence-corrected chi connectivity index (χ0v) is 6.19. The quantitative estimate of drug-likeness (QED) is 0.635. The molecule has 0 aromatic carbocycles. The van der Waals surface area contributed by atoms with E-state index in [1.54, 1.807) is 10.8 Å². The number of carbonyl (C=O) groups is 1. The number of aromatic nitrogens is 2. The number of carboxylic acids is 1. The molecule has 0 amide bonds. The predicted molar refractivity (Wildman–Crippen MR) is 43.0 cm³/mol. The van der Waals surface area contributed by atoms with Gasteiger partial charge < -0.3 is 10.4 Å². The van der Waals surface area contributed by atoms with Crippen molar-refractivity contribution in [2.45, 2.75) is 0 Å². The maximum absolute atomic E-state index is 10.5. The molecule has 0 fully saturated rings. The number of fused-ring (bicyclic) bond motifs is 1. The second-order valence-corrected chi connectivity index (χ2v) is 2.43. The number of aromatic carboxylic acids is 1. The molecule has 0 spiro atoms. The predicted octanol–water partition coefficient (Wildman–Crippen LogP) is 0.477. The van der Waals surface area contributed by atoms with Gasteiger partial charge in [0.1, 0.15) is 0 Å². The van der Waals surface area contributed by atoms with E-state index in [-0.39, 0.29) is 5.69 Å². The maximum Gasteiger partial charge on any atom is 0.356 e. The second kappa shape index (κ2) is 2.37. The standard InChI is InChI=1S/C7H7N3O2/c11-6(12)5-4-10-3-1-2-8-7(10)9-5/h1,3-4H,2H2,(H,8,9)(H,11,12). The number of hydrogen-bond acceptors (Lipinski definition) is 3. The number of hydrogen-bond donors (Lipinski definition) is 2. The second-order valence-electron chi connectivity index (χ2n) is 2.43. The van der Waals surface area contributed by atoms with Gasteiger partial charge in [-0.15, -0.1) is 0 Å². The number of carboxylic acid groups (broad SMARTS) is 1. The number of imidazole rings is 1. The number of rotatable bonds is 1. The van der Waals surface area contributed by atoms with Gasteiger partial charge in [0.05, 0.1) is 0 Å². The molecule has 62 valence electrons. The number of nitrogens with one attached hydrogen (secondary N) is 1. The van der Waals surface area contributed by atoms with Crippen LogP contribution in [0.15, 0.2) is 12.3 Å². The molecule has 1 aliphatic heterocycles. The minimum atomic E-state index is -1.01. The van der Waals surface area contributed by atoms with Gasteiger partial charge >= 0.3 is 5.97 Å². The number of nitrogens with zero attached hydrogens (tertiary/aromatic N) is 2. The molecule has 12 heavy (non-hydrogen) atoms. The molecule has 5 heteroatoms. The zero-order valence-electron chi connectivity index (χ0n) is 6.19. The lowest BCUT2D eigenvalue weighted by molar-refractivity contribution is 0.0691. The van der Waals surface area contributed by atoms with Gasteiger partial charge in [-0.25, -0.2) is 9.78 Å². The molecular formula is C7H7N3O2. The van der Waals surface area contributed by atoms with Crippen molar-refractivity contribution in [2.75, 3.05) is 11.9 Å². The summed E-state index contributed by atoms with van der Waals surface area (Å²) >= 11 is 0.